The Balaban J connectivity index is 2.25. The molecule has 1 aromatic carbocycles. The van der Waals surface area contributed by atoms with Gasteiger partial charge in [0.15, 0.2) is 0 Å². The van der Waals surface area contributed by atoms with Crippen molar-refractivity contribution in [3.05, 3.63) is 18.2 Å². The first-order valence-electron chi connectivity index (χ1n) is 7.27. The van der Waals surface area contributed by atoms with Crippen molar-refractivity contribution in [2.45, 2.75) is 44.0 Å². The Morgan fingerprint density at radius 2 is 1.81 bits per heavy atom. The second kappa shape index (κ2) is 6.23. The molecule has 5 nitrogen and oxygen atoms in total. The van der Waals surface area contributed by atoms with Crippen LogP contribution >= 0.6 is 0 Å². The third-order valence-corrected chi connectivity index (χ3v) is 4.95. The van der Waals surface area contributed by atoms with E-state index in [1.165, 1.54) is 12.5 Å². The van der Waals surface area contributed by atoms with Crippen molar-refractivity contribution in [3.8, 4) is 5.75 Å². The molecular formula is C15H24N2O3S. The van der Waals surface area contributed by atoms with Gasteiger partial charge in [0.25, 0.3) is 0 Å². The summed E-state index contributed by atoms with van der Waals surface area (Å²) in [6.07, 6.45) is 3.40. The van der Waals surface area contributed by atoms with E-state index in [1.807, 2.05) is 0 Å². The number of nitrogens with one attached hydrogen (secondary N) is 1. The topological polar surface area (TPSA) is 81.4 Å². The second-order valence-electron chi connectivity index (χ2n) is 6.17. The highest BCUT2D eigenvalue weighted by Crippen LogP contribution is 2.34. The highest BCUT2D eigenvalue weighted by molar-refractivity contribution is 7.89. The van der Waals surface area contributed by atoms with Crippen LogP contribution in [0.5, 0.6) is 5.75 Å². The summed E-state index contributed by atoms with van der Waals surface area (Å²) in [5, 5.41) is 8.63. The molecule has 21 heavy (non-hydrogen) atoms. The molecule has 0 bridgehead atoms. The van der Waals surface area contributed by atoms with Crippen LogP contribution in [0.25, 0.3) is 0 Å². The predicted molar refractivity (Wildman–Crippen MR) is 84.0 cm³/mol. The van der Waals surface area contributed by atoms with E-state index in [4.69, 9.17) is 9.88 Å². The van der Waals surface area contributed by atoms with Crippen molar-refractivity contribution >= 4 is 15.7 Å². The van der Waals surface area contributed by atoms with Gasteiger partial charge in [-0.15, -0.1) is 0 Å². The minimum Gasteiger partial charge on any atom is -0.495 e. The Morgan fingerprint density at radius 3 is 2.33 bits per heavy atom. The predicted octanol–water partition coefficient (Wildman–Crippen LogP) is 2.58. The maximum absolute atomic E-state index is 11.5. The number of hydrogen-bond acceptors (Lipinski definition) is 4. The van der Waals surface area contributed by atoms with Crippen molar-refractivity contribution in [2.24, 2.45) is 17.0 Å². The third kappa shape index (κ3) is 4.11. The third-order valence-electron chi connectivity index (χ3n) is 4.04. The zero-order valence-electron chi connectivity index (χ0n) is 12.8. The molecule has 118 valence electrons. The fraction of sp³-hybridized carbons (Fsp3) is 0.600. The Labute approximate surface area is 126 Å². The maximum atomic E-state index is 11.5. The molecule has 0 saturated heterocycles. The summed E-state index contributed by atoms with van der Waals surface area (Å²) in [6.45, 7) is 4.50. The van der Waals surface area contributed by atoms with Crippen LogP contribution in [0.1, 0.15) is 33.1 Å². The zero-order valence-corrected chi connectivity index (χ0v) is 13.6. The van der Waals surface area contributed by atoms with Crippen molar-refractivity contribution in [2.75, 3.05) is 12.4 Å². The molecule has 0 radical (unpaired) electrons. The molecule has 0 heterocycles. The quantitative estimate of drug-likeness (QED) is 0.895. The fourth-order valence-corrected chi connectivity index (χ4v) is 3.80. The number of methoxy groups -OCH3 is 1. The molecule has 0 spiro atoms. The standard InChI is InChI=1S/C15H24N2O3S/c1-10-6-11(2)8-12(7-10)17-14-9-13(21(16,18)19)4-5-15(14)20-3/h4-5,9-12,17H,6-8H2,1-3H3,(H2,16,18,19). The van der Waals surface area contributed by atoms with Gasteiger partial charge in [-0.1, -0.05) is 13.8 Å². The molecule has 0 amide bonds. The van der Waals surface area contributed by atoms with Gasteiger partial charge >= 0.3 is 0 Å². The average molecular weight is 312 g/mol. The lowest BCUT2D eigenvalue weighted by Gasteiger charge is -2.33. The van der Waals surface area contributed by atoms with Gasteiger partial charge in [0.1, 0.15) is 5.75 Å². The van der Waals surface area contributed by atoms with Gasteiger partial charge in [-0.25, -0.2) is 13.6 Å². The molecule has 2 unspecified atom stereocenters. The minimum atomic E-state index is -3.71. The largest absolute Gasteiger partial charge is 0.495 e. The first-order chi connectivity index (χ1) is 9.79. The Morgan fingerprint density at radius 1 is 1.19 bits per heavy atom. The fourth-order valence-electron chi connectivity index (χ4n) is 3.26. The van der Waals surface area contributed by atoms with Crippen LogP contribution < -0.4 is 15.2 Å². The number of sulfonamides is 1. The number of primary sulfonamides is 1. The lowest BCUT2D eigenvalue weighted by Crippen LogP contribution is -2.30. The van der Waals surface area contributed by atoms with Gasteiger partial charge in [-0.2, -0.15) is 0 Å². The van der Waals surface area contributed by atoms with Crippen LogP contribution in [0.15, 0.2) is 23.1 Å². The zero-order chi connectivity index (χ0) is 15.6. The van der Waals surface area contributed by atoms with E-state index in [1.54, 1.807) is 19.2 Å². The molecule has 2 atom stereocenters. The van der Waals surface area contributed by atoms with Crippen molar-refractivity contribution < 1.29 is 13.2 Å². The van der Waals surface area contributed by atoms with Gasteiger partial charge < -0.3 is 10.1 Å². The maximum Gasteiger partial charge on any atom is 0.238 e. The Kier molecular flexibility index (Phi) is 4.78. The van der Waals surface area contributed by atoms with Crippen LogP contribution in [0.2, 0.25) is 0 Å². The van der Waals surface area contributed by atoms with Gasteiger partial charge in [0.2, 0.25) is 10.0 Å². The summed E-state index contributed by atoms with van der Waals surface area (Å²) in [5.74, 6) is 1.96. The van der Waals surface area contributed by atoms with Gasteiger partial charge in [-0.3, -0.25) is 0 Å². The molecule has 0 aliphatic heterocycles. The number of rotatable bonds is 4. The van der Waals surface area contributed by atoms with Crippen molar-refractivity contribution in [3.63, 3.8) is 0 Å². The lowest BCUT2D eigenvalue weighted by atomic mass is 9.80. The number of anilines is 1. The molecule has 1 saturated carbocycles. The molecule has 1 aliphatic rings. The first kappa shape index (κ1) is 16.1. The van der Waals surface area contributed by atoms with E-state index in [0.29, 0.717) is 29.3 Å². The van der Waals surface area contributed by atoms with Crippen LogP contribution in [0.3, 0.4) is 0 Å². The number of ether oxygens (including phenoxy) is 1. The van der Waals surface area contributed by atoms with Crippen molar-refractivity contribution in [1.82, 2.24) is 0 Å². The number of benzene rings is 1. The molecule has 6 heteroatoms. The number of hydrogen-bond donors (Lipinski definition) is 2. The van der Waals surface area contributed by atoms with Crippen LogP contribution in [-0.4, -0.2) is 21.6 Å². The molecule has 3 N–H and O–H groups in total. The summed E-state index contributed by atoms with van der Waals surface area (Å²) in [7, 11) is -2.14. The van der Waals surface area contributed by atoms with Crippen LogP contribution in [0.4, 0.5) is 5.69 Å². The Hall–Kier alpha value is -1.27. The molecule has 1 fully saturated rings. The smallest absolute Gasteiger partial charge is 0.238 e. The monoisotopic (exact) mass is 312 g/mol. The number of nitrogens with two attached hydrogens (primary N) is 1. The van der Waals surface area contributed by atoms with Gasteiger partial charge in [-0.05, 0) is 49.3 Å². The van der Waals surface area contributed by atoms with Gasteiger partial charge in [0, 0.05) is 6.04 Å². The summed E-state index contributed by atoms with van der Waals surface area (Å²) < 4.78 is 28.3. The van der Waals surface area contributed by atoms with E-state index in [9.17, 15) is 8.42 Å². The SMILES string of the molecule is COc1ccc(S(N)(=O)=O)cc1NC1CC(C)CC(C)C1. The lowest BCUT2D eigenvalue weighted by molar-refractivity contribution is 0.280. The van der Waals surface area contributed by atoms with Crippen LogP contribution in [-0.2, 0) is 10.0 Å². The summed E-state index contributed by atoms with van der Waals surface area (Å²) in [4.78, 5) is 0.0997. The van der Waals surface area contributed by atoms with E-state index < -0.39 is 10.0 Å². The van der Waals surface area contributed by atoms with Gasteiger partial charge in [0.05, 0.1) is 17.7 Å². The second-order valence-corrected chi connectivity index (χ2v) is 7.73. The van der Waals surface area contributed by atoms with E-state index in [-0.39, 0.29) is 4.90 Å². The van der Waals surface area contributed by atoms with Crippen molar-refractivity contribution in [1.29, 1.82) is 0 Å². The average Bonchev–Trinajstić information content (AvgIpc) is 2.36. The highest BCUT2D eigenvalue weighted by Gasteiger charge is 2.24. The summed E-state index contributed by atoms with van der Waals surface area (Å²) >= 11 is 0. The first-order valence-corrected chi connectivity index (χ1v) is 8.81. The van der Waals surface area contributed by atoms with Crippen LogP contribution in [0, 0.1) is 11.8 Å². The Bertz CT molecular complexity index is 591. The molecule has 2 rings (SSSR count). The summed E-state index contributed by atoms with van der Waals surface area (Å²) in [6, 6.07) is 4.98. The molecule has 1 aliphatic carbocycles. The molecule has 1 aromatic rings. The normalized spacial score (nSPS) is 26.4. The molecular weight excluding hydrogens is 288 g/mol. The highest BCUT2D eigenvalue weighted by atomic mass is 32.2. The van der Waals surface area contributed by atoms with E-state index in [0.717, 1.165) is 12.8 Å². The molecule has 0 aromatic heterocycles. The van der Waals surface area contributed by atoms with E-state index in [2.05, 4.69) is 19.2 Å². The summed E-state index contributed by atoms with van der Waals surface area (Å²) in [5.41, 5.74) is 0.690. The minimum absolute atomic E-state index is 0.0997. The van der Waals surface area contributed by atoms with E-state index >= 15 is 0 Å².